The maximum absolute atomic E-state index is 12.7. The van der Waals surface area contributed by atoms with Crippen molar-refractivity contribution in [1.82, 2.24) is 9.80 Å². The van der Waals surface area contributed by atoms with Crippen molar-refractivity contribution < 1.29 is 19.1 Å². The van der Waals surface area contributed by atoms with Crippen molar-refractivity contribution in [2.24, 2.45) is 0 Å². The molecule has 4 rings (SSSR count). The van der Waals surface area contributed by atoms with E-state index in [1.165, 1.54) is 0 Å². The summed E-state index contributed by atoms with van der Waals surface area (Å²) in [6, 6.07) is 12.2. The normalized spacial score (nSPS) is 15.3. The predicted octanol–water partition coefficient (Wildman–Crippen LogP) is 2.02. The van der Waals surface area contributed by atoms with Crippen LogP contribution in [0.1, 0.15) is 20.7 Å². The van der Waals surface area contributed by atoms with Gasteiger partial charge in [0.1, 0.15) is 0 Å². The fourth-order valence-corrected chi connectivity index (χ4v) is 3.19. The van der Waals surface area contributed by atoms with Gasteiger partial charge in [0.25, 0.3) is 11.8 Å². The van der Waals surface area contributed by atoms with Crippen molar-refractivity contribution in [2.45, 2.75) is 0 Å². The molecule has 2 aromatic carbocycles. The van der Waals surface area contributed by atoms with Crippen LogP contribution in [0.15, 0.2) is 42.5 Å². The molecule has 7 nitrogen and oxygen atoms in total. The van der Waals surface area contributed by atoms with Crippen LogP contribution < -0.4 is 15.2 Å². The zero-order valence-corrected chi connectivity index (χ0v) is 15.4. The number of anilines is 1. The number of nitrogens with two attached hydrogens (primary N) is 1. The molecular weight excluding hydrogens is 370 g/mol. The largest absolute Gasteiger partial charge is 0.454 e. The zero-order chi connectivity index (χ0) is 18.1. The second-order valence-corrected chi connectivity index (χ2v) is 6.24. The first-order valence-electron chi connectivity index (χ1n) is 8.46. The third kappa shape index (κ3) is 3.64. The number of ether oxygens (including phenoxy) is 2. The molecule has 27 heavy (non-hydrogen) atoms. The van der Waals surface area contributed by atoms with Crippen LogP contribution in [0.2, 0.25) is 0 Å². The lowest BCUT2D eigenvalue weighted by Crippen LogP contribution is -2.50. The number of halogens is 1. The molecule has 0 radical (unpaired) electrons. The van der Waals surface area contributed by atoms with Gasteiger partial charge in [0.05, 0.1) is 5.56 Å². The molecule has 0 aromatic heterocycles. The number of benzene rings is 2. The Kier molecular flexibility index (Phi) is 5.41. The van der Waals surface area contributed by atoms with Gasteiger partial charge in [-0.05, 0) is 30.3 Å². The Labute approximate surface area is 163 Å². The van der Waals surface area contributed by atoms with E-state index in [0.29, 0.717) is 54.5 Å². The van der Waals surface area contributed by atoms with Crippen molar-refractivity contribution in [2.75, 3.05) is 38.7 Å². The Morgan fingerprint density at radius 1 is 0.852 bits per heavy atom. The first-order chi connectivity index (χ1) is 12.6. The van der Waals surface area contributed by atoms with E-state index in [2.05, 4.69) is 0 Å². The van der Waals surface area contributed by atoms with Crippen LogP contribution in [0.3, 0.4) is 0 Å². The van der Waals surface area contributed by atoms with E-state index in [1.54, 1.807) is 52.3 Å². The van der Waals surface area contributed by atoms with E-state index in [-0.39, 0.29) is 31.0 Å². The minimum absolute atomic E-state index is 0. The van der Waals surface area contributed by atoms with Crippen LogP contribution in [-0.4, -0.2) is 54.6 Å². The van der Waals surface area contributed by atoms with Crippen LogP contribution in [-0.2, 0) is 0 Å². The number of carbonyl (C=O) groups is 2. The summed E-state index contributed by atoms with van der Waals surface area (Å²) in [4.78, 5) is 28.8. The molecule has 142 valence electrons. The molecule has 0 atom stereocenters. The highest BCUT2D eigenvalue weighted by atomic mass is 35.5. The standard InChI is InChI=1S/C19H19N3O4.ClH/c20-15-4-2-1-3-14(15)19(24)22-9-7-21(8-10-22)18(23)13-5-6-16-17(11-13)26-12-25-16;/h1-6,11H,7-10,12,20H2;1H. The molecule has 2 aliphatic heterocycles. The molecule has 1 saturated heterocycles. The van der Waals surface area contributed by atoms with Gasteiger partial charge in [0.15, 0.2) is 11.5 Å². The van der Waals surface area contributed by atoms with Crippen LogP contribution in [0.25, 0.3) is 0 Å². The molecule has 2 amide bonds. The number of hydrogen-bond donors (Lipinski definition) is 1. The summed E-state index contributed by atoms with van der Waals surface area (Å²) in [5.41, 5.74) is 7.42. The number of piperazine rings is 1. The highest BCUT2D eigenvalue weighted by molar-refractivity contribution is 5.99. The van der Waals surface area contributed by atoms with Gasteiger partial charge >= 0.3 is 0 Å². The van der Waals surface area contributed by atoms with Crippen molar-refractivity contribution in [3.63, 3.8) is 0 Å². The quantitative estimate of drug-likeness (QED) is 0.794. The SMILES string of the molecule is Cl.Nc1ccccc1C(=O)N1CCN(C(=O)c2ccc3c(c2)OCO3)CC1. The summed E-state index contributed by atoms with van der Waals surface area (Å²) in [6.45, 7) is 2.08. The molecule has 0 unspecified atom stereocenters. The minimum Gasteiger partial charge on any atom is -0.454 e. The summed E-state index contributed by atoms with van der Waals surface area (Å²) < 4.78 is 10.6. The van der Waals surface area contributed by atoms with Crippen molar-refractivity contribution in [3.05, 3.63) is 53.6 Å². The fourth-order valence-electron chi connectivity index (χ4n) is 3.19. The second-order valence-electron chi connectivity index (χ2n) is 6.24. The molecule has 0 saturated carbocycles. The lowest BCUT2D eigenvalue weighted by Gasteiger charge is -2.35. The van der Waals surface area contributed by atoms with Crippen LogP contribution >= 0.6 is 12.4 Å². The molecule has 8 heteroatoms. The van der Waals surface area contributed by atoms with E-state index < -0.39 is 0 Å². The molecule has 2 N–H and O–H groups in total. The highest BCUT2D eigenvalue weighted by Gasteiger charge is 2.27. The van der Waals surface area contributed by atoms with E-state index in [1.807, 2.05) is 0 Å². The molecule has 0 spiro atoms. The topological polar surface area (TPSA) is 85.1 Å². The van der Waals surface area contributed by atoms with E-state index in [9.17, 15) is 9.59 Å². The Hall–Kier alpha value is -2.93. The van der Waals surface area contributed by atoms with E-state index >= 15 is 0 Å². The average molecular weight is 390 g/mol. The molecule has 0 aliphatic carbocycles. The summed E-state index contributed by atoms with van der Waals surface area (Å²) in [5.74, 6) is 1.06. The van der Waals surface area contributed by atoms with Crippen LogP contribution in [0.4, 0.5) is 5.69 Å². The van der Waals surface area contributed by atoms with Gasteiger partial charge in [-0.2, -0.15) is 0 Å². The molecule has 1 fully saturated rings. The van der Waals surface area contributed by atoms with Crippen molar-refractivity contribution >= 4 is 29.9 Å². The molecule has 0 bridgehead atoms. The molecular formula is C19H20ClN3O4. The van der Waals surface area contributed by atoms with Crippen LogP contribution in [0.5, 0.6) is 11.5 Å². The summed E-state index contributed by atoms with van der Waals surface area (Å²) in [6.07, 6.45) is 0. The Morgan fingerprint density at radius 3 is 2.19 bits per heavy atom. The number of fused-ring (bicyclic) bond motifs is 1. The monoisotopic (exact) mass is 389 g/mol. The summed E-state index contributed by atoms with van der Waals surface area (Å²) in [5, 5.41) is 0. The molecule has 2 aromatic rings. The number of para-hydroxylation sites is 1. The summed E-state index contributed by atoms with van der Waals surface area (Å²) in [7, 11) is 0. The Morgan fingerprint density at radius 2 is 1.48 bits per heavy atom. The molecule has 2 aliphatic rings. The van der Waals surface area contributed by atoms with Gasteiger partial charge in [-0.15, -0.1) is 12.4 Å². The number of nitrogen functional groups attached to an aromatic ring is 1. The number of carbonyl (C=O) groups excluding carboxylic acids is 2. The average Bonchev–Trinajstić information content (AvgIpc) is 3.15. The fraction of sp³-hybridized carbons (Fsp3) is 0.263. The van der Waals surface area contributed by atoms with Gasteiger partial charge in [0.2, 0.25) is 6.79 Å². The molecule has 2 heterocycles. The van der Waals surface area contributed by atoms with Gasteiger partial charge < -0.3 is 25.0 Å². The lowest BCUT2D eigenvalue weighted by atomic mass is 10.1. The predicted molar refractivity (Wildman–Crippen MR) is 102 cm³/mol. The minimum atomic E-state index is -0.0988. The van der Waals surface area contributed by atoms with E-state index in [0.717, 1.165) is 0 Å². The van der Waals surface area contributed by atoms with Gasteiger partial charge in [0, 0.05) is 37.4 Å². The van der Waals surface area contributed by atoms with Crippen molar-refractivity contribution in [1.29, 1.82) is 0 Å². The second kappa shape index (κ2) is 7.75. The van der Waals surface area contributed by atoms with Gasteiger partial charge in [-0.25, -0.2) is 0 Å². The Bertz CT molecular complexity index is 866. The third-order valence-corrected chi connectivity index (χ3v) is 4.66. The van der Waals surface area contributed by atoms with Crippen LogP contribution in [0, 0.1) is 0 Å². The van der Waals surface area contributed by atoms with Crippen molar-refractivity contribution in [3.8, 4) is 11.5 Å². The zero-order valence-electron chi connectivity index (χ0n) is 14.6. The smallest absolute Gasteiger partial charge is 0.256 e. The van der Waals surface area contributed by atoms with E-state index in [4.69, 9.17) is 15.2 Å². The maximum atomic E-state index is 12.7. The number of rotatable bonds is 2. The first-order valence-corrected chi connectivity index (χ1v) is 8.46. The highest BCUT2D eigenvalue weighted by Crippen LogP contribution is 2.32. The Balaban J connectivity index is 0.00000210. The summed E-state index contributed by atoms with van der Waals surface area (Å²) >= 11 is 0. The maximum Gasteiger partial charge on any atom is 0.256 e. The first kappa shape index (κ1) is 18.8. The lowest BCUT2D eigenvalue weighted by molar-refractivity contribution is 0.0536. The third-order valence-electron chi connectivity index (χ3n) is 4.66. The number of nitrogens with zero attached hydrogens (tertiary/aromatic N) is 2. The van der Waals surface area contributed by atoms with Gasteiger partial charge in [-0.3, -0.25) is 9.59 Å². The van der Waals surface area contributed by atoms with Gasteiger partial charge in [-0.1, -0.05) is 12.1 Å². The number of amides is 2. The number of hydrogen-bond acceptors (Lipinski definition) is 5.